The van der Waals surface area contributed by atoms with Crippen molar-refractivity contribution in [1.82, 2.24) is 10.6 Å². The third kappa shape index (κ3) is 12.3. The summed E-state index contributed by atoms with van der Waals surface area (Å²) in [5.41, 5.74) is 5.25. The van der Waals surface area contributed by atoms with Crippen molar-refractivity contribution in [2.24, 2.45) is 5.73 Å². The van der Waals surface area contributed by atoms with Gasteiger partial charge in [0.2, 0.25) is 11.8 Å². The Morgan fingerprint density at radius 3 is 1.94 bits per heavy atom. The van der Waals surface area contributed by atoms with Crippen molar-refractivity contribution in [2.75, 3.05) is 37.0 Å². The van der Waals surface area contributed by atoms with Crippen LogP contribution in [0.2, 0.25) is 0 Å². The second-order valence-electron chi connectivity index (χ2n) is 3.32. The van der Waals surface area contributed by atoms with Gasteiger partial charge in [0.15, 0.2) is 0 Å². The molecule has 0 aromatic rings. The van der Waals surface area contributed by atoms with Gasteiger partial charge in [-0.2, -0.15) is 0 Å². The summed E-state index contributed by atoms with van der Waals surface area (Å²) >= 11 is 5.43. The average molecular weight is 314 g/mol. The molecule has 0 rings (SSSR count). The van der Waals surface area contributed by atoms with Crippen molar-refractivity contribution in [3.05, 3.63) is 0 Å². The maximum Gasteiger partial charge on any atom is 0.221 e. The minimum absolute atomic E-state index is 0.00330. The second-order valence-corrected chi connectivity index (χ2v) is 6.40. The molecule has 0 spiro atoms. The highest BCUT2D eigenvalue weighted by molar-refractivity contribution is 8.76. The lowest BCUT2D eigenvalue weighted by molar-refractivity contribution is -0.121. The number of carbonyl (C=O) groups excluding carboxylic acids is 2. The predicted octanol–water partition coefficient (Wildman–Crippen LogP) is 0.578. The standard InChI is InChI=1S/C10H20ClN3O2S2/c11-3-1-9(15)13-5-7-17-18-8-6-14-10(16)2-4-12/h1-8,12H2,(H,13,15)(H,14,16). The van der Waals surface area contributed by atoms with Gasteiger partial charge in [-0.25, -0.2) is 0 Å². The van der Waals surface area contributed by atoms with Crippen LogP contribution >= 0.6 is 33.2 Å². The normalized spacial score (nSPS) is 10.1. The van der Waals surface area contributed by atoms with Crippen molar-refractivity contribution < 1.29 is 9.59 Å². The molecular weight excluding hydrogens is 294 g/mol. The fourth-order valence-corrected chi connectivity index (χ4v) is 2.96. The van der Waals surface area contributed by atoms with Crippen LogP contribution in [0.1, 0.15) is 12.8 Å². The van der Waals surface area contributed by atoms with Crippen LogP contribution < -0.4 is 16.4 Å². The predicted molar refractivity (Wildman–Crippen MR) is 79.9 cm³/mol. The smallest absolute Gasteiger partial charge is 0.221 e. The molecule has 0 unspecified atom stereocenters. The molecule has 0 fully saturated rings. The molecule has 0 radical (unpaired) electrons. The zero-order valence-electron chi connectivity index (χ0n) is 10.2. The molecule has 0 aliphatic heterocycles. The topological polar surface area (TPSA) is 84.2 Å². The van der Waals surface area contributed by atoms with Crippen molar-refractivity contribution in [2.45, 2.75) is 12.8 Å². The Balaban J connectivity index is 3.16. The molecule has 18 heavy (non-hydrogen) atoms. The van der Waals surface area contributed by atoms with E-state index in [4.69, 9.17) is 17.3 Å². The number of hydrogen-bond acceptors (Lipinski definition) is 5. The highest BCUT2D eigenvalue weighted by Gasteiger charge is 1.99. The van der Waals surface area contributed by atoms with Gasteiger partial charge in [0, 0.05) is 49.9 Å². The fourth-order valence-electron chi connectivity index (χ4n) is 0.976. The van der Waals surface area contributed by atoms with Crippen LogP contribution in [0.5, 0.6) is 0 Å². The van der Waals surface area contributed by atoms with Crippen LogP contribution in [0.15, 0.2) is 0 Å². The van der Waals surface area contributed by atoms with E-state index in [1.807, 2.05) is 0 Å². The first-order valence-corrected chi connectivity index (χ1v) is 8.76. The average Bonchev–Trinajstić information content (AvgIpc) is 2.33. The van der Waals surface area contributed by atoms with Crippen LogP contribution in [0.25, 0.3) is 0 Å². The van der Waals surface area contributed by atoms with Gasteiger partial charge in [0.25, 0.3) is 0 Å². The van der Waals surface area contributed by atoms with Gasteiger partial charge in [0.05, 0.1) is 0 Å². The Kier molecular flexibility index (Phi) is 13.2. The number of halogens is 1. The molecule has 0 aliphatic rings. The zero-order chi connectivity index (χ0) is 13.6. The third-order valence-electron chi connectivity index (χ3n) is 1.79. The molecule has 0 aromatic carbocycles. The Morgan fingerprint density at radius 2 is 1.50 bits per heavy atom. The van der Waals surface area contributed by atoms with E-state index in [-0.39, 0.29) is 11.8 Å². The Labute approximate surface area is 121 Å². The van der Waals surface area contributed by atoms with E-state index in [1.54, 1.807) is 21.6 Å². The maximum absolute atomic E-state index is 11.0. The van der Waals surface area contributed by atoms with Gasteiger partial charge in [-0.05, 0) is 0 Å². The monoisotopic (exact) mass is 313 g/mol. The molecule has 0 bridgehead atoms. The number of alkyl halides is 1. The summed E-state index contributed by atoms with van der Waals surface area (Å²) < 4.78 is 0. The van der Waals surface area contributed by atoms with Crippen molar-refractivity contribution in [3.63, 3.8) is 0 Å². The summed E-state index contributed by atoms with van der Waals surface area (Å²) in [4.78, 5) is 22.1. The molecule has 0 atom stereocenters. The Morgan fingerprint density at radius 1 is 1.00 bits per heavy atom. The van der Waals surface area contributed by atoms with E-state index in [0.29, 0.717) is 38.4 Å². The van der Waals surface area contributed by atoms with Gasteiger partial charge in [-0.15, -0.1) is 11.6 Å². The number of rotatable bonds is 11. The second kappa shape index (κ2) is 13.3. The molecule has 0 saturated heterocycles. The van der Waals surface area contributed by atoms with Crippen molar-refractivity contribution in [3.8, 4) is 0 Å². The van der Waals surface area contributed by atoms with Gasteiger partial charge >= 0.3 is 0 Å². The maximum atomic E-state index is 11.0. The van der Waals surface area contributed by atoms with Crippen LogP contribution in [0, 0.1) is 0 Å². The summed E-state index contributed by atoms with van der Waals surface area (Å²) in [5, 5.41) is 5.54. The summed E-state index contributed by atoms with van der Waals surface area (Å²) in [6.45, 7) is 1.68. The van der Waals surface area contributed by atoms with Crippen molar-refractivity contribution >= 4 is 45.0 Å². The molecule has 8 heteroatoms. The van der Waals surface area contributed by atoms with Crippen LogP contribution in [0.4, 0.5) is 0 Å². The number of hydrogen-bond donors (Lipinski definition) is 3. The number of carbonyl (C=O) groups is 2. The minimum atomic E-state index is -0.00959. The van der Waals surface area contributed by atoms with Gasteiger partial charge in [-0.3, -0.25) is 9.59 Å². The molecule has 2 amide bonds. The summed E-state index contributed by atoms with van der Waals surface area (Å²) in [6.07, 6.45) is 0.747. The molecule has 4 N–H and O–H groups in total. The molecule has 0 heterocycles. The van der Waals surface area contributed by atoms with Crippen LogP contribution in [0.3, 0.4) is 0 Å². The lowest BCUT2D eigenvalue weighted by Gasteiger charge is -2.05. The Hall–Kier alpha value is -0.110. The summed E-state index contributed by atoms with van der Waals surface area (Å²) in [7, 11) is 3.34. The van der Waals surface area contributed by atoms with Crippen LogP contribution in [-0.4, -0.2) is 48.8 Å². The van der Waals surface area contributed by atoms with E-state index in [0.717, 1.165) is 11.5 Å². The summed E-state index contributed by atoms with van der Waals surface area (Å²) in [6, 6.07) is 0. The lowest BCUT2D eigenvalue weighted by atomic mass is 10.4. The minimum Gasteiger partial charge on any atom is -0.355 e. The quantitative estimate of drug-likeness (QED) is 0.295. The van der Waals surface area contributed by atoms with E-state index in [1.165, 1.54) is 0 Å². The SMILES string of the molecule is NCCC(=O)NCCSSCCNC(=O)CCCl. The molecule has 0 aromatic heterocycles. The number of nitrogens with one attached hydrogen (secondary N) is 2. The Bertz CT molecular complexity index is 221. The van der Waals surface area contributed by atoms with E-state index in [2.05, 4.69) is 10.6 Å². The molecule has 0 aliphatic carbocycles. The van der Waals surface area contributed by atoms with E-state index < -0.39 is 0 Å². The van der Waals surface area contributed by atoms with Crippen molar-refractivity contribution in [1.29, 1.82) is 0 Å². The zero-order valence-corrected chi connectivity index (χ0v) is 12.6. The highest BCUT2D eigenvalue weighted by Crippen LogP contribution is 2.19. The first-order valence-electron chi connectivity index (χ1n) is 5.74. The van der Waals surface area contributed by atoms with Gasteiger partial charge in [0.1, 0.15) is 0 Å². The molecular formula is C10H20ClN3O2S2. The number of amides is 2. The molecule has 0 saturated carbocycles. The van der Waals surface area contributed by atoms with Gasteiger partial charge < -0.3 is 16.4 Å². The third-order valence-corrected chi connectivity index (χ3v) is 4.39. The largest absolute Gasteiger partial charge is 0.355 e. The van der Waals surface area contributed by atoms with E-state index >= 15 is 0 Å². The fraction of sp³-hybridized carbons (Fsp3) is 0.800. The van der Waals surface area contributed by atoms with Gasteiger partial charge in [-0.1, -0.05) is 21.6 Å². The molecule has 5 nitrogen and oxygen atoms in total. The summed E-state index contributed by atoms with van der Waals surface area (Å²) in [5.74, 6) is 2.03. The first-order chi connectivity index (χ1) is 8.70. The highest BCUT2D eigenvalue weighted by atomic mass is 35.5. The first kappa shape index (κ1) is 17.9. The van der Waals surface area contributed by atoms with E-state index in [9.17, 15) is 9.59 Å². The van der Waals surface area contributed by atoms with Crippen LogP contribution in [-0.2, 0) is 9.59 Å². The number of nitrogens with two attached hydrogens (primary N) is 1. The molecule has 106 valence electrons. The lowest BCUT2D eigenvalue weighted by Crippen LogP contribution is -2.27.